The van der Waals surface area contributed by atoms with E-state index in [0.29, 0.717) is 11.1 Å². The lowest BCUT2D eigenvalue weighted by atomic mass is 10.1. The molecule has 0 aliphatic carbocycles. The number of hydrogen-bond donors (Lipinski definition) is 2. The van der Waals surface area contributed by atoms with Crippen LogP contribution in [0.1, 0.15) is 20.7 Å². The summed E-state index contributed by atoms with van der Waals surface area (Å²) in [6, 6.07) is 16.7. The maximum Gasteiger partial charge on any atom is 0.338 e. The van der Waals surface area contributed by atoms with Crippen molar-refractivity contribution >= 4 is 11.9 Å². The van der Waals surface area contributed by atoms with Crippen LogP contribution in [0.3, 0.4) is 0 Å². The topological polar surface area (TPSA) is 108 Å². The summed E-state index contributed by atoms with van der Waals surface area (Å²) in [5.41, 5.74) is 6.28. The lowest BCUT2D eigenvalue weighted by Gasteiger charge is -2.22. The van der Waals surface area contributed by atoms with E-state index in [1.54, 1.807) is 60.7 Å². The van der Waals surface area contributed by atoms with Crippen molar-refractivity contribution in [3.05, 3.63) is 71.8 Å². The quantitative estimate of drug-likeness (QED) is 0.772. The standard InChI is InChI=1S/C19H19NO6/c20-11-14-15(25-17(21)12-7-3-1-4-8-12)16(19(23)24-14)26-18(22)13-9-5-2-6-10-13/h1-10,14-16,19,23H,11,20H2. The fourth-order valence-electron chi connectivity index (χ4n) is 2.70. The first-order valence-electron chi connectivity index (χ1n) is 8.16. The van der Waals surface area contributed by atoms with Crippen LogP contribution in [-0.4, -0.2) is 48.2 Å². The maximum atomic E-state index is 12.3. The van der Waals surface area contributed by atoms with Gasteiger partial charge >= 0.3 is 11.9 Å². The van der Waals surface area contributed by atoms with Gasteiger partial charge < -0.3 is 25.1 Å². The molecule has 4 unspecified atom stereocenters. The number of carbonyl (C=O) groups excluding carboxylic acids is 2. The molecule has 1 heterocycles. The highest BCUT2D eigenvalue weighted by Crippen LogP contribution is 2.26. The first-order valence-corrected chi connectivity index (χ1v) is 8.16. The van der Waals surface area contributed by atoms with E-state index in [4.69, 9.17) is 19.9 Å². The molecule has 1 fully saturated rings. The van der Waals surface area contributed by atoms with E-state index < -0.39 is 36.5 Å². The molecule has 26 heavy (non-hydrogen) atoms. The fourth-order valence-corrected chi connectivity index (χ4v) is 2.70. The summed E-state index contributed by atoms with van der Waals surface area (Å²) >= 11 is 0. The molecule has 0 amide bonds. The molecule has 3 N–H and O–H groups in total. The minimum atomic E-state index is -1.44. The van der Waals surface area contributed by atoms with Gasteiger partial charge in [-0.3, -0.25) is 0 Å². The third-order valence-electron chi connectivity index (χ3n) is 4.02. The molecule has 0 bridgehead atoms. The van der Waals surface area contributed by atoms with Crippen LogP contribution in [0.5, 0.6) is 0 Å². The average molecular weight is 357 g/mol. The second kappa shape index (κ2) is 8.09. The molecule has 2 aromatic carbocycles. The number of ether oxygens (including phenoxy) is 3. The Kier molecular flexibility index (Phi) is 5.62. The van der Waals surface area contributed by atoms with E-state index in [9.17, 15) is 14.7 Å². The second-order valence-corrected chi connectivity index (χ2v) is 5.77. The Bertz CT molecular complexity index is 751. The van der Waals surface area contributed by atoms with Gasteiger partial charge in [0, 0.05) is 6.54 Å². The van der Waals surface area contributed by atoms with E-state index in [-0.39, 0.29) is 6.54 Å². The summed E-state index contributed by atoms with van der Waals surface area (Å²) in [6.45, 7) is -0.0107. The van der Waals surface area contributed by atoms with Crippen molar-refractivity contribution in [3.8, 4) is 0 Å². The molecular formula is C19H19NO6. The van der Waals surface area contributed by atoms with Crippen molar-refractivity contribution < 1.29 is 28.9 Å². The van der Waals surface area contributed by atoms with Gasteiger partial charge in [0.1, 0.15) is 6.10 Å². The van der Waals surface area contributed by atoms with Gasteiger partial charge in [0.05, 0.1) is 11.1 Å². The van der Waals surface area contributed by atoms with Crippen LogP contribution < -0.4 is 5.73 Å². The molecule has 1 aliphatic rings. The number of aliphatic hydroxyl groups excluding tert-OH is 1. The van der Waals surface area contributed by atoms with Crippen LogP contribution in [0.15, 0.2) is 60.7 Å². The molecule has 7 nitrogen and oxygen atoms in total. The lowest BCUT2D eigenvalue weighted by Crippen LogP contribution is -2.42. The molecule has 4 atom stereocenters. The predicted octanol–water partition coefficient (Wildman–Crippen LogP) is 1.11. The van der Waals surface area contributed by atoms with Crippen molar-refractivity contribution in [1.82, 2.24) is 0 Å². The number of benzene rings is 2. The molecule has 1 aliphatic heterocycles. The Morgan fingerprint density at radius 3 is 1.81 bits per heavy atom. The third kappa shape index (κ3) is 3.91. The highest BCUT2D eigenvalue weighted by atomic mass is 16.7. The van der Waals surface area contributed by atoms with Crippen molar-refractivity contribution in [2.24, 2.45) is 5.73 Å². The Morgan fingerprint density at radius 1 is 0.885 bits per heavy atom. The molecule has 136 valence electrons. The van der Waals surface area contributed by atoms with Crippen LogP contribution in [0.4, 0.5) is 0 Å². The second-order valence-electron chi connectivity index (χ2n) is 5.77. The van der Waals surface area contributed by atoms with Gasteiger partial charge in [-0.1, -0.05) is 36.4 Å². The Hall–Kier alpha value is -2.74. The maximum absolute atomic E-state index is 12.3. The number of nitrogens with two attached hydrogens (primary N) is 1. The first kappa shape index (κ1) is 18.1. The van der Waals surface area contributed by atoms with Crippen LogP contribution in [0.2, 0.25) is 0 Å². The summed E-state index contributed by atoms with van der Waals surface area (Å²) in [4.78, 5) is 24.6. The van der Waals surface area contributed by atoms with Gasteiger partial charge in [0.25, 0.3) is 0 Å². The van der Waals surface area contributed by atoms with Crippen molar-refractivity contribution in [2.75, 3.05) is 6.54 Å². The van der Waals surface area contributed by atoms with Crippen molar-refractivity contribution in [2.45, 2.75) is 24.6 Å². The van der Waals surface area contributed by atoms with Crippen LogP contribution in [-0.2, 0) is 14.2 Å². The molecule has 0 saturated carbocycles. The molecule has 7 heteroatoms. The van der Waals surface area contributed by atoms with Crippen molar-refractivity contribution in [1.29, 1.82) is 0 Å². The highest BCUT2D eigenvalue weighted by molar-refractivity contribution is 5.90. The van der Waals surface area contributed by atoms with Gasteiger partial charge in [0.15, 0.2) is 18.5 Å². The molecule has 1 saturated heterocycles. The summed E-state index contributed by atoms with van der Waals surface area (Å²) in [5.74, 6) is -1.27. The first-order chi connectivity index (χ1) is 12.6. The largest absolute Gasteiger partial charge is 0.452 e. The molecule has 2 aromatic rings. The number of rotatable bonds is 5. The number of esters is 2. The van der Waals surface area contributed by atoms with Crippen LogP contribution in [0, 0.1) is 0 Å². The Balaban J connectivity index is 1.76. The molecule has 0 radical (unpaired) electrons. The van der Waals surface area contributed by atoms with Crippen LogP contribution >= 0.6 is 0 Å². The van der Waals surface area contributed by atoms with Gasteiger partial charge in [-0.2, -0.15) is 0 Å². The minimum absolute atomic E-state index is 0.0107. The zero-order chi connectivity index (χ0) is 18.5. The van der Waals surface area contributed by atoms with Gasteiger partial charge in [0.2, 0.25) is 0 Å². The Labute approximate surface area is 150 Å². The van der Waals surface area contributed by atoms with E-state index in [2.05, 4.69) is 0 Å². The number of carbonyl (C=O) groups is 2. The zero-order valence-corrected chi connectivity index (χ0v) is 13.9. The highest BCUT2D eigenvalue weighted by Gasteiger charge is 2.48. The molecular weight excluding hydrogens is 338 g/mol. The number of hydrogen-bond acceptors (Lipinski definition) is 7. The molecule has 0 spiro atoms. The van der Waals surface area contributed by atoms with Crippen LogP contribution in [0.25, 0.3) is 0 Å². The Morgan fingerprint density at radius 2 is 1.35 bits per heavy atom. The van der Waals surface area contributed by atoms with Crippen molar-refractivity contribution in [3.63, 3.8) is 0 Å². The van der Waals surface area contributed by atoms with E-state index >= 15 is 0 Å². The SMILES string of the molecule is NCC1OC(O)C(OC(=O)c2ccccc2)C1OC(=O)c1ccccc1. The van der Waals surface area contributed by atoms with Gasteiger partial charge in [-0.05, 0) is 24.3 Å². The smallest absolute Gasteiger partial charge is 0.338 e. The summed E-state index contributed by atoms with van der Waals surface area (Å²) < 4.78 is 16.1. The lowest BCUT2D eigenvalue weighted by molar-refractivity contribution is -0.128. The van der Waals surface area contributed by atoms with E-state index in [0.717, 1.165) is 0 Å². The third-order valence-corrected chi connectivity index (χ3v) is 4.02. The molecule has 3 rings (SSSR count). The summed E-state index contributed by atoms with van der Waals surface area (Å²) in [6.07, 6.45) is -4.42. The van der Waals surface area contributed by atoms with E-state index in [1.807, 2.05) is 0 Å². The van der Waals surface area contributed by atoms with Gasteiger partial charge in [-0.25, -0.2) is 9.59 Å². The van der Waals surface area contributed by atoms with Gasteiger partial charge in [-0.15, -0.1) is 0 Å². The van der Waals surface area contributed by atoms with E-state index in [1.165, 1.54) is 0 Å². The summed E-state index contributed by atoms with van der Waals surface area (Å²) in [7, 11) is 0. The molecule has 0 aromatic heterocycles. The summed E-state index contributed by atoms with van der Waals surface area (Å²) in [5, 5.41) is 10.1. The average Bonchev–Trinajstić information content (AvgIpc) is 2.98. The number of aliphatic hydroxyl groups is 1. The monoisotopic (exact) mass is 357 g/mol. The zero-order valence-electron chi connectivity index (χ0n) is 13.9. The normalized spacial score (nSPS) is 24.8. The predicted molar refractivity (Wildman–Crippen MR) is 91.2 cm³/mol. The fraction of sp³-hybridized carbons (Fsp3) is 0.263. The minimum Gasteiger partial charge on any atom is -0.452 e.